The van der Waals surface area contributed by atoms with Crippen LogP contribution in [-0.4, -0.2) is 30.6 Å². The summed E-state index contributed by atoms with van der Waals surface area (Å²) in [5.41, 5.74) is 2.39. The summed E-state index contributed by atoms with van der Waals surface area (Å²) in [5.74, 6) is 0.712. The first-order chi connectivity index (χ1) is 11.7. The van der Waals surface area contributed by atoms with Gasteiger partial charge in [-0.2, -0.15) is 5.10 Å². The molecule has 0 aliphatic rings. The first kappa shape index (κ1) is 15.7. The average Bonchev–Trinajstić information content (AvgIpc) is 3.22. The van der Waals surface area contributed by atoms with E-state index in [9.17, 15) is 4.79 Å². The molecule has 0 unspecified atom stereocenters. The zero-order valence-corrected chi connectivity index (χ0v) is 13.6. The Kier molecular flexibility index (Phi) is 4.55. The van der Waals surface area contributed by atoms with E-state index in [1.54, 1.807) is 11.0 Å². The maximum absolute atomic E-state index is 12.2. The van der Waals surface area contributed by atoms with Gasteiger partial charge in [0.15, 0.2) is 5.82 Å². The van der Waals surface area contributed by atoms with Gasteiger partial charge in [-0.15, -0.1) is 10.2 Å². The topological polar surface area (TPSA) is 89.7 Å². The molecule has 0 aliphatic heterocycles. The molecule has 1 aromatic carbocycles. The Labute approximate surface area is 139 Å². The molecule has 0 bridgehead atoms. The Morgan fingerprint density at radius 3 is 2.83 bits per heavy atom. The van der Waals surface area contributed by atoms with Crippen molar-refractivity contribution in [2.75, 3.05) is 5.32 Å². The lowest BCUT2D eigenvalue weighted by atomic mass is 10.2. The fourth-order valence-corrected chi connectivity index (χ4v) is 2.33. The lowest BCUT2D eigenvalue weighted by Crippen LogP contribution is -2.29. The van der Waals surface area contributed by atoms with Gasteiger partial charge >= 0.3 is 6.03 Å². The van der Waals surface area contributed by atoms with Crippen LogP contribution in [0.2, 0.25) is 0 Å². The summed E-state index contributed by atoms with van der Waals surface area (Å²) in [7, 11) is 0. The van der Waals surface area contributed by atoms with E-state index < -0.39 is 0 Å². The summed E-state index contributed by atoms with van der Waals surface area (Å²) in [6, 6.07) is 9.10. The number of nitrogens with one attached hydrogen (secondary N) is 2. The molecule has 0 spiro atoms. The monoisotopic (exact) mass is 325 g/mol. The summed E-state index contributed by atoms with van der Waals surface area (Å²) in [6.07, 6.45) is 3.50. The maximum Gasteiger partial charge on any atom is 0.319 e. The standard InChI is InChI=1S/C16H19N7O/c1-3-22-11-18-20-15(22)10-17-16(24)19-13-6-4-5-7-14(13)23-9-8-12(2)21-23/h4-9,11H,3,10H2,1-2H3,(H2,17,19,24). The maximum atomic E-state index is 12.2. The predicted octanol–water partition coefficient (Wildman–Crippen LogP) is 2.11. The number of urea groups is 1. The number of hydrogen-bond donors (Lipinski definition) is 2. The van der Waals surface area contributed by atoms with Crippen molar-refractivity contribution >= 4 is 11.7 Å². The molecule has 2 N–H and O–H groups in total. The summed E-state index contributed by atoms with van der Waals surface area (Å²) >= 11 is 0. The summed E-state index contributed by atoms with van der Waals surface area (Å²) in [5, 5.41) is 17.9. The minimum atomic E-state index is -0.308. The smallest absolute Gasteiger partial charge is 0.319 e. The van der Waals surface area contributed by atoms with Crippen molar-refractivity contribution in [3.05, 3.63) is 54.4 Å². The Bertz CT molecular complexity index is 836. The number of benzene rings is 1. The number of rotatable bonds is 5. The predicted molar refractivity (Wildman–Crippen MR) is 89.9 cm³/mol. The van der Waals surface area contributed by atoms with Crippen LogP contribution in [0.3, 0.4) is 0 Å². The van der Waals surface area contributed by atoms with Gasteiger partial charge in [-0.1, -0.05) is 12.1 Å². The highest BCUT2D eigenvalue weighted by Crippen LogP contribution is 2.19. The molecule has 124 valence electrons. The van der Waals surface area contributed by atoms with E-state index in [2.05, 4.69) is 25.9 Å². The Hall–Kier alpha value is -3.16. The molecule has 2 heterocycles. The van der Waals surface area contributed by atoms with Gasteiger partial charge in [0.05, 0.1) is 23.6 Å². The first-order valence-corrected chi connectivity index (χ1v) is 7.70. The molecular weight excluding hydrogens is 306 g/mol. The zero-order valence-electron chi connectivity index (χ0n) is 13.6. The van der Waals surface area contributed by atoms with Crippen LogP contribution in [0.1, 0.15) is 18.4 Å². The minimum absolute atomic E-state index is 0.308. The molecule has 24 heavy (non-hydrogen) atoms. The van der Waals surface area contributed by atoms with Crippen LogP contribution >= 0.6 is 0 Å². The van der Waals surface area contributed by atoms with Crippen LogP contribution in [0, 0.1) is 6.92 Å². The molecule has 0 saturated heterocycles. The SMILES string of the molecule is CCn1cnnc1CNC(=O)Nc1ccccc1-n1ccc(C)n1. The normalized spacial score (nSPS) is 10.6. The molecule has 0 saturated carbocycles. The number of amides is 2. The van der Waals surface area contributed by atoms with E-state index in [-0.39, 0.29) is 6.03 Å². The van der Waals surface area contributed by atoms with Crippen molar-refractivity contribution in [1.29, 1.82) is 0 Å². The molecule has 0 aliphatic carbocycles. The Morgan fingerprint density at radius 2 is 2.08 bits per heavy atom. The van der Waals surface area contributed by atoms with Crippen molar-refractivity contribution in [3.8, 4) is 5.69 Å². The average molecular weight is 325 g/mol. The molecule has 8 nitrogen and oxygen atoms in total. The molecule has 0 atom stereocenters. The van der Waals surface area contributed by atoms with Gasteiger partial charge in [0.25, 0.3) is 0 Å². The van der Waals surface area contributed by atoms with Crippen molar-refractivity contribution in [1.82, 2.24) is 29.9 Å². The van der Waals surface area contributed by atoms with E-state index in [1.807, 2.05) is 54.9 Å². The van der Waals surface area contributed by atoms with E-state index in [0.29, 0.717) is 18.1 Å². The second-order valence-corrected chi connectivity index (χ2v) is 5.26. The molecule has 0 radical (unpaired) electrons. The van der Waals surface area contributed by atoms with E-state index >= 15 is 0 Å². The number of nitrogens with zero attached hydrogens (tertiary/aromatic N) is 5. The third-order valence-electron chi connectivity index (χ3n) is 3.56. The lowest BCUT2D eigenvalue weighted by molar-refractivity contribution is 0.251. The molecule has 0 fully saturated rings. The number of aromatic nitrogens is 5. The highest BCUT2D eigenvalue weighted by Gasteiger charge is 2.10. The number of para-hydroxylation sites is 2. The molecule has 2 aromatic heterocycles. The van der Waals surface area contributed by atoms with Crippen LogP contribution in [0.4, 0.5) is 10.5 Å². The fraction of sp³-hybridized carbons (Fsp3) is 0.250. The lowest BCUT2D eigenvalue weighted by Gasteiger charge is -2.12. The molecule has 2 amide bonds. The number of hydrogen-bond acceptors (Lipinski definition) is 4. The van der Waals surface area contributed by atoms with E-state index in [0.717, 1.165) is 17.9 Å². The Balaban J connectivity index is 1.69. The van der Waals surface area contributed by atoms with Gasteiger partial charge in [-0.3, -0.25) is 0 Å². The van der Waals surface area contributed by atoms with Gasteiger partial charge in [-0.25, -0.2) is 9.48 Å². The summed E-state index contributed by atoms with van der Waals surface area (Å²) < 4.78 is 3.61. The van der Waals surface area contributed by atoms with Crippen molar-refractivity contribution in [2.45, 2.75) is 26.9 Å². The van der Waals surface area contributed by atoms with Crippen molar-refractivity contribution < 1.29 is 4.79 Å². The third-order valence-corrected chi connectivity index (χ3v) is 3.56. The number of carbonyl (C=O) groups is 1. The van der Waals surface area contributed by atoms with Gasteiger partial charge < -0.3 is 15.2 Å². The van der Waals surface area contributed by atoms with E-state index in [4.69, 9.17) is 0 Å². The molecule has 3 aromatic rings. The number of carbonyl (C=O) groups excluding carboxylic acids is 1. The number of aryl methyl sites for hydroxylation is 2. The quantitative estimate of drug-likeness (QED) is 0.752. The molecular formula is C16H19N7O. The van der Waals surface area contributed by atoms with Crippen LogP contribution < -0.4 is 10.6 Å². The summed E-state index contributed by atoms with van der Waals surface area (Å²) in [4.78, 5) is 12.2. The highest BCUT2D eigenvalue weighted by molar-refractivity contribution is 5.91. The van der Waals surface area contributed by atoms with Gasteiger partial charge in [0.1, 0.15) is 6.33 Å². The van der Waals surface area contributed by atoms with Gasteiger partial charge in [0.2, 0.25) is 0 Å². The van der Waals surface area contributed by atoms with Crippen LogP contribution in [0.15, 0.2) is 42.9 Å². The van der Waals surface area contributed by atoms with E-state index in [1.165, 1.54) is 0 Å². The van der Waals surface area contributed by atoms with Crippen LogP contribution in [0.25, 0.3) is 5.69 Å². The van der Waals surface area contributed by atoms with Gasteiger partial charge in [-0.05, 0) is 32.0 Å². The summed E-state index contributed by atoms with van der Waals surface area (Å²) in [6.45, 7) is 4.98. The fourth-order valence-electron chi connectivity index (χ4n) is 2.33. The number of anilines is 1. The third kappa shape index (κ3) is 3.43. The van der Waals surface area contributed by atoms with Crippen LogP contribution in [0.5, 0.6) is 0 Å². The largest absolute Gasteiger partial charge is 0.331 e. The first-order valence-electron chi connectivity index (χ1n) is 7.70. The van der Waals surface area contributed by atoms with Crippen LogP contribution in [-0.2, 0) is 13.1 Å². The van der Waals surface area contributed by atoms with Gasteiger partial charge in [0, 0.05) is 12.7 Å². The second kappa shape index (κ2) is 6.95. The molecule has 3 rings (SSSR count). The van der Waals surface area contributed by atoms with Crippen molar-refractivity contribution in [3.63, 3.8) is 0 Å². The minimum Gasteiger partial charge on any atom is -0.331 e. The molecule has 8 heteroatoms. The second-order valence-electron chi connectivity index (χ2n) is 5.26. The van der Waals surface area contributed by atoms with Crippen molar-refractivity contribution in [2.24, 2.45) is 0 Å². The highest BCUT2D eigenvalue weighted by atomic mass is 16.2. The zero-order chi connectivity index (χ0) is 16.9. The Morgan fingerprint density at radius 1 is 1.25 bits per heavy atom.